The van der Waals surface area contributed by atoms with Crippen LogP contribution in [-0.4, -0.2) is 40.5 Å². The van der Waals surface area contributed by atoms with Gasteiger partial charge in [0.2, 0.25) is 0 Å². The molecule has 0 unspecified atom stereocenters. The van der Waals surface area contributed by atoms with Crippen LogP contribution in [0.5, 0.6) is 0 Å². The van der Waals surface area contributed by atoms with E-state index in [9.17, 15) is 9.59 Å². The van der Waals surface area contributed by atoms with Gasteiger partial charge in [-0.15, -0.1) is 0 Å². The molecule has 4 nitrogen and oxygen atoms in total. The first-order valence-electron chi connectivity index (χ1n) is 20.4. The molecule has 0 saturated heterocycles. The molecule has 2 N–H and O–H groups in total. The number of unbranched alkanes of at least 4 members (excludes halogenated alkanes) is 18. The van der Waals surface area contributed by atoms with Gasteiger partial charge in [-0.1, -0.05) is 117 Å². The molecule has 2 aromatic rings. The molecule has 2 aromatic carbocycles. The van der Waals surface area contributed by atoms with Crippen LogP contribution in [0.1, 0.15) is 182 Å². The van der Waals surface area contributed by atoms with E-state index in [1.807, 2.05) is 0 Å². The first-order chi connectivity index (χ1) is 23.9. The molecule has 0 atom stereocenters. The van der Waals surface area contributed by atoms with Crippen molar-refractivity contribution < 1.29 is 19.8 Å². The zero-order valence-electron chi connectivity index (χ0n) is 32.4. The maximum absolute atomic E-state index is 10.2. The third-order valence-electron chi connectivity index (χ3n) is 9.56. The summed E-state index contributed by atoms with van der Waals surface area (Å²) in [5.41, 5.74) is 0. The summed E-state index contributed by atoms with van der Waals surface area (Å²) in [7, 11) is 0. The van der Waals surface area contributed by atoms with E-state index in [-0.39, 0.29) is 0 Å². The van der Waals surface area contributed by atoms with E-state index < -0.39 is 30.3 Å². The van der Waals surface area contributed by atoms with Crippen LogP contribution in [0.25, 0.3) is 0 Å². The Morgan fingerprint density at radius 2 is 0.673 bits per heavy atom. The molecular formula is C44H76O4Sn. The Labute approximate surface area is 307 Å². The molecular weight excluding hydrogens is 711 g/mol. The van der Waals surface area contributed by atoms with Gasteiger partial charge in [0.15, 0.2) is 0 Å². The van der Waals surface area contributed by atoms with Crippen molar-refractivity contribution in [3.05, 3.63) is 60.7 Å². The van der Waals surface area contributed by atoms with Crippen molar-refractivity contribution in [2.45, 2.75) is 191 Å². The molecule has 5 heteroatoms. The molecule has 0 bridgehead atoms. The second kappa shape index (κ2) is 34.6. The molecule has 0 heterocycles. The molecule has 0 amide bonds. The third-order valence-corrected chi connectivity index (χ3v) is 24.7. The fraction of sp³-hybridized carbons (Fsp3) is 0.682. The summed E-state index contributed by atoms with van der Waals surface area (Å²) in [6, 6.07) is 22.9. The van der Waals surface area contributed by atoms with Crippen LogP contribution in [0, 0.1) is 0 Å². The van der Waals surface area contributed by atoms with Crippen molar-refractivity contribution in [2.24, 2.45) is 0 Å². The predicted octanol–water partition coefficient (Wildman–Crippen LogP) is 12.8. The summed E-state index contributed by atoms with van der Waals surface area (Å²) >= 11 is -2.50. The number of benzene rings is 2. The van der Waals surface area contributed by atoms with E-state index in [0.717, 1.165) is 25.7 Å². The van der Waals surface area contributed by atoms with Gasteiger partial charge in [-0.25, -0.2) is 0 Å². The number of hydrogen-bond donors (Lipinski definition) is 2. The average Bonchev–Trinajstić information content (AvgIpc) is 3.11. The quantitative estimate of drug-likeness (QED) is 0.0665. The fourth-order valence-electron chi connectivity index (χ4n) is 6.51. The van der Waals surface area contributed by atoms with Crippen LogP contribution in [0.15, 0.2) is 60.7 Å². The van der Waals surface area contributed by atoms with E-state index >= 15 is 0 Å². The first kappa shape index (κ1) is 47.2. The average molecular weight is 788 g/mol. The Morgan fingerprint density at radius 3 is 0.939 bits per heavy atom. The summed E-state index contributed by atoms with van der Waals surface area (Å²) in [6.07, 6.45) is 28.3. The van der Waals surface area contributed by atoms with Crippen molar-refractivity contribution >= 4 is 37.5 Å². The van der Waals surface area contributed by atoms with Crippen molar-refractivity contribution in [3.63, 3.8) is 0 Å². The van der Waals surface area contributed by atoms with Crippen LogP contribution in [-0.2, 0) is 9.59 Å². The Bertz CT molecular complexity index is 913. The van der Waals surface area contributed by atoms with E-state index in [1.165, 1.54) is 124 Å². The van der Waals surface area contributed by atoms with Gasteiger partial charge < -0.3 is 10.2 Å². The monoisotopic (exact) mass is 788 g/mol. The molecule has 0 aliphatic carbocycles. The Kier molecular flexibility index (Phi) is 33.3. The van der Waals surface area contributed by atoms with Gasteiger partial charge >= 0.3 is 147 Å². The molecule has 0 spiro atoms. The number of carboxylic acids is 2. The molecule has 280 valence electrons. The molecule has 0 aromatic heterocycles. The first-order valence-corrected chi connectivity index (χ1v) is 27.3. The molecule has 49 heavy (non-hydrogen) atoms. The minimum atomic E-state index is -2.50. The second-order valence-corrected chi connectivity index (χ2v) is 26.3. The fourth-order valence-corrected chi connectivity index (χ4v) is 21.7. The van der Waals surface area contributed by atoms with Crippen molar-refractivity contribution in [3.8, 4) is 0 Å². The minimum absolute atomic E-state index is 0.343. The van der Waals surface area contributed by atoms with Crippen molar-refractivity contribution in [1.82, 2.24) is 0 Å². The predicted molar refractivity (Wildman–Crippen MR) is 216 cm³/mol. The molecule has 0 fully saturated rings. The molecule has 0 aliphatic rings. The van der Waals surface area contributed by atoms with Crippen LogP contribution >= 0.6 is 0 Å². The summed E-state index contributed by atoms with van der Waals surface area (Å²) in [5, 5.41) is 16.8. The number of aliphatic carboxylic acids is 2. The molecule has 2 rings (SSSR count). The SMILES string of the molecule is CCCCCCCCCCCC(=O)O.CCCCCCCCCCCC(=O)O.CCC[CH2][Sn]([CH2]CCC)([c]1ccccc1)[c]1ccccc1. The van der Waals surface area contributed by atoms with Gasteiger partial charge in [0, 0.05) is 12.8 Å². The normalized spacial score (nSPS) is 10.9. The number of hydrogen-bond acceptors (Lipinski definition) is 2. The Balaban J connectivity index is 0.000000734. The number of rotatable bonds is 28. The molecule has 0 aliphatic heterocycles. The van der Waals surface area contributed by atoms with Gasteiger partial charge in [-0.05, 0) is 12.8 Å². The van der Waals surface area contributed by atoms with Crippen LogP contribution < -0.4 is 7.16 Å². The standard InChI is InChI=1S/2C12H24O2.2C6H5.2C4H9.Sn/c2*1-2-3-4-5-6-7-8-9-10-11-12(13)14;2*1-2-4-6-5-3-1;2*1-3-4-2;/h2*2-11H2,1H3,(H,13,14);2*1-5H;2*1,3-4H2,2H3;. The number of carboxylic acid groups (broad SMARTS) is 2. The van der Waals surface area contributed by atoms with Gasteiger partial charge in [-0.2, -0.15) is 0 Å². The van der Waals surface area contributed by atoms with Gasteiger partial charge in [0.1, 0.15) is 0 Å². The van der Waals surface area contributed by atoms with Crippen molar-refractivity contribution in [2.75, 3.05) is 0 Å². The van der Waals surface area contributed by atoms with Crippen LogP contribution in [0.4, 0.5) is 0 Å². The maximum atomic E-state index is 10.2. The third kappa shape index (κ3) is 26.6. The zero-order chi connectivity index (χ0) is 36.3. The van der Waals surface area contributed by atoms with Gasteiger partial charge in [0.25, 0.3) is 0 Å². The van der Waals surface area contributed by atoms with E-state index in [1.54, 1.807) is 7.16 Å². The summed E-state index contributed by atoms with van der Waals surface area (Å²) in [6.45, 7) is 9.11. The summed E-state index contributed by atoms with van der Waals surface area (Å²) in [4.78, 5) is 20.4. The zero-order valence-corrected chi connectivity index (χ0v) is 35.2. The topological polar surface area (TPSA) is 74.6 Å². The second-order valence-electron chi connectivity index (χ2n) is 14.0. The number of carbonyl (C=O) groups is 2. The molecule has 0 saturated carbocycles. The summed E-state index contributed by atoms with van der Waals surface area (Å²) in [5.74, 6) is -1.32. The van der Waals surface area contributed by atoms with E-state index in [0.29, 0.717) is 12.8 Å². The Morgan fingerprint density at radius 1 is 0.408 bits per heavy atom. The van der Waals surface area contributed by atoms with Crippen molar-refractivity contribution in [1.29, 1.82) is 0 Å². The Hall–Kier alpha value is -1.82. The van der Waals surface area contributed by atoms with E-state index in [4.69, 9.17) is 10.2 Å². The van der Waals surface area contributed by atoms with Crippen LogP contribution in [0.3, 0.4) is 0 Å². The molecule has 0 radical (unpaired) electrons. The van der Waals surface area contributed by atoms with Gasteiger partial charge in [0.05, 0.1) is 0 Å². The summed E-state index contributed by atoms with van der Waals surface area (Å²) < 4.78 is 6.30. The van der Waals surface area contributed by atoms with E-state index in [2.05, 4.69) is 88.4 Å². The van der Waals surface area contributed by atoms with Gasteiger partial charge in [-0.3, -0.25) is 9.59 Å². The van der Waals surface area contributed by atoms with Crippen LogP contribution in [0.2, 0.25) is 8.87 Å².